The van der Waals surface area contributed by atoms with Gasteiger partial charge < -0.3 is 15.4 Å². The monoisotopic (exact) mass is 344 g/mol. The summed E-state index contributed by atoms with van der Waals surface area (Å²) in [6, 6.07) is -0.930. The summed E-state index contributed by atoms with van der Waals surface area (Å²) in [5.74, 6) is -0.378. The van der Waals surface area contributed by atoms with Crippen molar-refractivity contribution >= 4 is 33.4 Å². The fraction of sp³-hybridized carbons (Fsp3) is 0.538. The van der Waals surface area contributed by atoms with Crippen molar-refractivity contribution in [1.29, 1.82) is 0 Å². The molecule has 0 saturated carbocycles. The number of carbonyl (C=O) groups is 1. The normalized spacial score (nSPS) is 21.9. The lowest BCUT2D eigenvalue weighted by Gasteiger charge is -2.30. The molecule has 2 rings (SSSR count). The van der Waals surface area contributed by atoms with Gasteiger partial charge in [0.1, 0.15) is 5.84 Å². The van der Waals surface area contributed by atoms with Crippen LogP contribution in [0, 0.1) is 5.21 Å². The Labute approximate surface area is 136 Å². The van der Waals surface area contributed by atoms with E-state index in [9.17, 15) is 20.3 Å². The number of hydrogen-bond donors (Lipinski definition) is 2. The molecule has 1 fully saturated rings. The van der Waals surface area contributed by atoms with Crippen molar-refractivity contribution in [3.05, 3.63) is 28.6 Å². The number of rotatable bonds is 6. The molecule has 2 heterocycles. The minimum absolute atomic E-state index is 0.228. The lowest BCUT2D eigenvalue weighted by atomic mass is 10.1. The standard InChI is InChI=1S/C13H18N3O4S2/c17-13(18)10(14-11-5-1-3-7-15(11)19)9-21-22-12-6-2-4-8-16(12)20/h4,6,8,10,19H,1-3,5,7,9H2,(H,17,18)/q-1/t10-/m0/s1. The molecule has 1 saturated heterocycles. The number of carboxylic acids is 1. The predicted molar refractivity (Wildman–Crippen MR) is 88.3 cm³/mol. The maximum absolute atomic E-state index is 11.5. The van der Waals surface area contributed by atoms with Crippen LogP contribution in [0.25, 0.3) is 0 Å². The van der Waals surface area contributed by atoms with Crippen LogP contribution >= 0.6 is 21.6 Å². The molecule has 0 aromatic heterocycles. The SMILES string of the molecule is O=C(O)[C@H](CSSC1=CCC=CN1[O-])N=C1CCCCN1O. The van der Waals surface area contributed by atoms with Crippen molar-refractivity contribution in [3.63, 3.8) is 0 Å². The number of hydroxylamine groups is 4. The van der Waals surface area contributed by atoms with Crippen LogP contribution in [-0.4, -0.2) is 50.6 Å². The van der Waals surface area contributed by atoms with Gasteiger partial charge in [0.2, 0.25) is 0 Å². The Kier molecular flexibility index (Phi) is 6.62. The van der Waals surface area contributed by atoms with Crippen LogP contribution < -0.4 is 0 Å². The highest BCUT2D eigenvalue weighted by atomic mass is 33.1. The number of nitrogens with zero attached hydrogens (tertiary/aromatic N) is 3. The summed E-state index contributed by atoms with van der Waals surface area (Å²) in [6.07, 6.45) is 8.06. The maximum Gasteiger partial charge on any atom is 0.329 e. The second kappa shape index (κ2) is 8.47. The molecule has 7 nitrogen and oxygen atoms in total. The predicted octanol–water partition coefficient (Wildman–Crippen LogP) is 2.65. The fourth-order valence-corrected chi connectivity index (χ4v) is 4.21. The highest BCUT2D eigenvalue weighted by Crippen LogP contribution is 2.34. The number of aliphatic imine (C=N–C) groups is 1. The molecule has 0 aromatic rings. The van der Waals surface area contributed by atoms with Gasteiger partial charge in [0, 0.05) is 18.7 Å². The molecule has 0 radical (unpaired) electrons. The summed E-state index contributed by atoms with van der Waals surface area (Å²) in [5.41, 5.74) is 0. The zero-order valence-electron chi connectivity index (χ0n) is 11.9. The van der Waals surface area contributed by atoms with Crippen molar-refractivity contribution in [2.45, 2.75) is 31.7 Å². The summed E-state index contributed by atoms with van der Waals surface area (Å²) in [6.45, 7) is 0.484. The summed E-state index contributed by atoms with van der Waals surface area (Å²) in [5, 5.41) is 32.8. The molecule has 0 unspecified atom stereocenters. The Bertz CT molecular complexity index is 496. The molecular formula is C13H18N3O4S2-. The second-order valence-corrected chi connectivity index (χ2v) is 7.20. The molecule has 0 amide bonds. The first-order chi connectivity index (χ1) is 10.6. The molecular weight excluding hydrogens is 326 g/mol. The Morgan fingerprint density at radius 3 is 3.00 bits per heavy atom. The van der Waals surface area contributed by atoms with Crippen molar-refractivity contribution in [2.75, 3.05) is 12.3 Å². The van der Waals surface area contributed by atoms with Crippen LogP contribution in [0.4, 0.5) is 0 Å². The van der Waals surface area contributed by atoms with E-state index in [4.69, 9.17) is 0 Å². The lowest BCUT2D eigenvalue weighted by molar-refractivity contribution is -0.137. The van der Waals surface area contributed by atoms with Crippen LogP contribution in [0.3, 0.4) is 0 Å². The smallest absolute Gasteiger partial charge is 0.329 e. The number of amidine groups is 1. The third kappa shape index (κ3) is 4.94. The molecule has 0 aliphatic carbocycles. The molecule has 22 heavy (non-hydrogen) atoms. The Balaban J connectivity index is 1.88. The van der Waals surface area contributed by atoms with Crippen LogP contribution in [0.2, 0.25) is 0 Å². The van der Waals surface area contributed by atoms with Crippen molar-refractivity contribution in [1.82, 2.24) is 10.1 Å². The fourth-order valence-electron chi connectivity index (χ4n) is 2.00. The first-order valence-electron chi connectivity index (χ1n) is 6.96. The summed E-state index contributed by atoms with van der Waals surface area (Å²) in [4.78, 5) is 15.5. The van der Waals surface area contributed by atoms with Crippen LogP contribution in [0.15, 0.2) is 28.4 Å². The summed E-state index contributed by atoms with van der Waals surface area (Å²) >= 11 is 0. The van der Waals surface area contributed by atoms with E-state index in [1.165, 1.54) is 27.8 Å². The third-order valence-electron chi connectivity index (χ3n) is 3.16. The molecule has 9 heteroatoms. The highest BCUT2D eigenvalue weighted by molar-refractivity contribution is 8.78. The zero-order chi connectivity index (χ0) is 15.9. The van der Waals surface area contributed by atoms with Crippen LogP contribution in [0.5, 0.6) is 0 Å². The molecule has 122 valence electrons. The number of allylic oxidation sites excluding steroid dienone is 2. The first kappa shape index (κ1) is 17.2. The third-order valence-corrected chi connectivity index (χ3v) is 5.53. The largest absolute Gasteiger partial charge is 0.754 e. The van der Waals surface area contributed by atoms with Gasteiger partial charge in [-0.3, -0.25) is 10.2 Å². The van der Waals surface area contributed by atoms with Gasteiger partial charge >= 0.3 is 5.97 Å². The molecule has 2 aliphatic rings. The van der Waals surface area contributed by atoms with E-state index < -0.39 is 12.0 Å². The lowest BCUT2D eigenvalue weighted by Crippen LogP contribution is -2.35. The quantitative estimate of drug-likeness (QED) is 0.710. The summed E-state index contributed by atoms with van der Waals surface area (Å²) in [7, 11) is 2.52. The van der Waals surface area contributed by atoms with E-state index >= 15 is 0 Å². The molecule has 2 aliphatic heterocycles. The second-order valence-electron chi connectivity index (χ2n) is 4.84. The number of aliphatic carboxylic acids is 1. The Hall–Kier alpha value is -1.16. The van der Waals surface area contributed by atoms with Crippen molar-refractivity contribution in [3.8, 4) is 0 Å². The molecule has 0 bridgehead atoms. The van der Waals surface area contributed by atoms with E-state index in [0.717, 1.165) is 23.0 Å². The average molecular weight is 344 g/mol. The minimum atomic E-state index is -1.03. The van der Waals surface area contributed by atoms with Gasteiger partial charge in [-0.15, -0.1) is 0 Å². The minimum Gasteiger partial charge on any atom is -0.754 e. The van der Waals surface area contributed by atoms with E-state index in [1.54, 1.807) is 12.2 Å². The van der Waals surface area contributed by atoms with Gasteiger partial charge in [-0.25, -0.2) is 9.86 Å². The Morgan fingerprint density at radius 1 is 1.50 bits per heavy atom. The molecule has 0 aromatic carbocycles. The van der Waals surface area contributed by atoms with Gasteiger partial charge in [-0.05, 0) is 36.3 Å². The van der Waals surface area contributed by atoms with E-state index in [2.05, 4.69) is 4.99 Å². The zero-order valence-corrected chi connectivity index (χ0v) is 13.6. The first-order valence-corrected chi connectivity index (χ1v) is 9.28. The van der Waals surface area contributed by atoms with E-state index in [-0.39, 0.29) is 5.75 Å². The Morgan fingerprint density at radius 2 is 2.32 bits per heavy atom. The van der Waals surface area contributed by atoms with Gasteiger partial charge in [0.15, 0.2) is 6.04 Å². The number of piperidine rings is 1. The van der Waals surface area contributed by atoms with Gasteiger partial charge in [-0.1, -0.05) is 22.9 Å². The van der Waals surface area contributed by atoms with Crippen molar-refractivity contribution in [2.24, 2.45) is 4.99 Å². The topological polar surface area (TPSA) is 99.4 Å². The van der Waals surface area contributed by atoms with Gasteiger partial charge in [-0.2, -0.15) is 0 Å². The maximum atomic E-state index is 11.5. The summed E-state index contributed by atoms with van der Waals surface area (Å²) < 4.78 is 0. The number of carboxylic acid groups (broad SMARTS) is 1. The van der Waals surface area contributed by atoms with E-state index in [0.29, 0.717) is 30.3 Å². The molecule has 0 spiro atoms. The average Bonchev–Trinajstić information content (AvgIpc) is 2.50. The van der Waals surface area contributed by atoms with Crippen molar-refractivity contribution < 1.29 is 15.1 Å². The van der Waals surface area contributed by atoms with Crippen LogP contribution in [0.1, 0.15) is 25.7 Å². The highest BCUT2D eigenvalue weighted by Gasteiger charge is 2.21. The van der Waals surface area contributed by atoms with E-state index in [1.807, 2.05) is 0 Å². The molecule has 1 atom stereocenters. The number of hydrogen-bond acceptors (Lipinski definition) is 7. The van der Waals surface area contributed by atoms with Crippen LogP contribution in [-0.2, 0) is 4.79 Å². The van der Waals surface area contributed by atoms with Gasteiger partial charge in [0.05, 0.1) is 5.03 Å². The molecule has 2 N–H and O–H groups in total. The van der Waals surface area contributed by atoms with Gasteiger partial charge in [0.25, 0.3) is 0 Å².